The van der Waals surface area contributed by atoms with Crippen molar-refractivity contribution in [2.45, 2.75) is 18.9 Å². The summed E-state index contributed by atoms with van der Waals surface area (Å²) >= 11 is 5.89. The van der Waals surface area contributed by atoms with Gasteiger partial charge in [-0.1, -0.05) is 11.6 Å². The Balaban J connectivity index is 1.96. The van der Waals surface area contributed by atoms with Crippen molar-refractivity contribution in [2.24, 2.45) is 0 Å². The van der Waals surface area contributed by atoms with Crippen molar-refractivity contribution < 1.29 is 8.42 Å². The first-order valence-electron chi connectivity index (χ1n) is 7.01. The van der Waals surface area contributed by atoms with Crippen LogP contribution in [0.25, 0.3) is 11.4 Å². The minimum Gasteiger partial charge on any atom is -0.237 e. The number of hydrogen-bond donors (Lipinski definition) is 0. The largest absolute Gasteiger partial charge is 0.237 e. The van der Waals surface area contributed by atoms with Crippen molar-refractivity contribution >= 4 is 21.6 Å². The van der Waals surface area contributed by atoms with E-state index in [9.17, 15) is 8.42 Å². The van der Waals surface area contributed by atoms with Crippen LogP contribution in [0.4, 0.5) is 0 Å². The highest BCUT2D eigenvalue weighted by atomic mass is 35.5. The van der Waals surface area contributed by atoms with E-state index in [2.05, 4.69) is 9.97 Å². The van der Waals surface area contributed by atoms with Gasteiger partial charge in [-0.3, -0.25) is 0 Å². The summed E-state index contributed by atoms with van der Waals surface area (Å²) in [5.41, 5.74) is 1.60. The lowest BCUT2D eigenvalue weighted by Crippen LogP contribution is -2.30. The van der Waals surface area contributed by atoms with Gasteiger partial charge >= 0.3 is 0 Å². The van der Waals surface area contributed by atoms with Crippen molar-refractivity contribution in [1.82, 2.24) is 14.3 Å². The van der Waals surface area contributed by atoms with Crippen LogP contribution in [-0.4, -0.2) is 35.5 Å². The second-order valence-corrected chi connectivity index (χ2v) is 7.72. The average molecular weight is 338 g/mol. The Morgan fingerprint density at radius 1 is 1.23 bits per heavy atom. The van der Waals surface area contributed by atoms with E-state index in [1.165, 1.54) is 10.6 Å². The molecule has 7 heteroatoms. The van der Waals surface area contributed by atoms with E-state index in [1.54, 1.807) is 24.4 Å². The molecule has 0 spiro atoms. The van der Waals surface area contributed by atoms with Crippen molar-refractivity contribution in [1.29, 1.82) is 0 Å². The normalized spacial score (nSPS) is 19.5. The second-order valence-electron chi connectivity index (χ2n) is 5.34. The second kappa shape index (κ2) is 5.95. The standard InChI is InChI=1S/C15H16ClN3O2S/c1-22(20,21)19-10-2-3-14(19)13-8-9-17-15(18-13)11-4-6-12(16)7-5-11/h4-9,14H,2-3,10H2,1H3. The fourth-order valence-electron chi connectivity index (χ4n) is 2.73. The van der Waals surface area contributed by atoms with Crippen molar-refractivity contribution in [3.05, 3.63) is 47.2 Å². The average Bonchev–Trinajstić information content (AvgIpc) is 2.98. The summed E-state index contributed by atoms with van der Waals surface area (Å²) in [6.07, 6.45) is 4.54. The van der Waals surface area contributed by atoms with Gasteiger partial charge in [-0.25, -0.2) is 18.4 Å². The maximum Gasteiger partial charge on any atom is 0.211 e. The van der Waals surface area contributed by atoms with Crippen LogP contribution in [0.5, 0.6) is 0 Å². The summed E-state index contributed by atoms with van der Waals surface area (Å²) < 4.78 is 25.3. The van der Waals surface area contributed by atoms with E-state index in [4.69, 9.17) is 11.6 Å². The minimum atomic E-state index is -3.23. The van der Waals surface area contributed by atoms with Gasteiger partial charge in [0.15, 0.2) is 5.82 Å². The van der Waals surface area contributed by atoms with Crippen molar-refractivity contribution in [2.75, 3.05) is 12.8 Å². The first kappa shape index (κ1) is 15.4. The third-order valence-electron chi connectivity index (χ3n) is 3.75. The molecule has 1 fully saturated rings. The lowest BCUT2D eigenvalue weighted by molar-refractivity contribution is 0.394. The molecule has 116 valence electrons. The van der Waals surface area contributed by atoms with Crippen LogP contribution in [0.15, 0.2) is 36.5 Å². The third kappa shape index (κ3) is 3.14. The number of nitrogens with zero attached hydrogens (tertiary/aromatic N) is 3. The first-order valence-corrected chi connectivity index (χ1v) is 9.23. The Bertz CT molecular complexity index is 778. The number of aromatic nitrogens is 2. The van der Waals surface area contributed by atoms with Gasteiger partial charge in [0, 0.05) is 23.3 Å². The Labute approximate surface area is 135 Å². The Morgan fingerprint density at radius 3 is 2.64 bits per heavy atom. The van der Waals surface area contributed by atoms with E-state index in [1.807, 2.05) is 12.1 Å². The molecule has 0 saturated carbocycles. The molecule has 1 atom stereocenters. The fraction of sp³-hybridized carbons (Fsp3) is 0.333. The molecule has 0 N–H and O–H groups in total. The summed E-state index contributed by atoms with van der Waals surface area (Å²) in [7, 11) is -3.23. The van der Waals surface area contributed by atoms with Gasteiger partial charge in [0.25, 0.3) is 0 Å². The molecule has 1 aromatic heterocycles. The molecule has 1 aromatic carbocycles. The molecule has 0 radical (unpaired) electrons. The minimum absolute atomic E-state index is 0.205. The molecular formula is C15H16ClN3O2S. The summed E-state index contributed by atoms with van der Waals surface area (Å²) in [5, 5.41) is 0.652. The monoisotopic (exact) mass is 337 g/mol. The zero-order valence-corrected chi connectivity index (χ0v) is 13.7. The smallest absolute Gasteiger partial charge is 0.211 e. The molecule has 1 aliphatic rings. The molecule has 5 nitrogen and oxygen atoms in total. The van der Waals surface area contributed by atoms with Gasteiger partial charge in [0.1, 0.15) is 0 Å². The lowest BCUT2D eigenvalue weighted by Gasteiger charge is -2.21. The fourth-order valence-corrected chi connectivity index (χ4v) is 3.99. The molecule has 0 bridgehead atoms. The number of rotatable bonds is 3. The van der Waals surface area contributed by atoms with E-state index in [0.29, 0.717) is 17.4 Å². The predicted octanol–water partition coefficient (Wildman–Crippen LogP) is 2.89. The topological polar surface area (TPSA) is 63.2 Å². The summed E-state index contributed by atoms with van der Waals surface area (Å²) in [6, 6.07) is 8.85. The molecule has 0 amide bonds. The van der Waals surface area contributed by atoms with Crippen molar-refractivity contribution in [3.8, 4) is 11.4 Å². The number of halogens is 1. The zero-order chi connectivity index (χ0) is 15.7. The highest BCUT2D eigenvalue weighted by Gasteiger charge is 2.33. The van der Waals surface area contributed by atoms with E-state index < -0.39 is 10.0 Å². The SMILES string of the molecule is CS(=O)(=O)N1CCCC1c1ccnc(-c2ccc(Cl)cc2)n1. The molecule has 1 unspecified atom stereocenters. The lowest BCUT2D eigenvalue weighted by atomic mass is 10.1. The van der Waals surface area contributed by atoms with Crippen LogP contribution in [0.1, 0.15) is 24.6 Å². The van der Waals surface area contributed by atoms with Crippen molar-refractivity contribution in [3.63, 3.8) is 0 Å². The van der Waals surface area contributed by atoms with E-state index >= 15 is 0 Å². The summed E-state index contributed by atoms with van der Waals surface area (Å²) in [4.78, 5) is 8.83. The summed E-state index contributed by atoms with van der Waals surface area (Å²) in [6.45, 7) is 0.545. The van der Waals surface area contributed by atoms with Gasteiger partial charge in [0.05, 0.1) is 18.0 Å². The summed E-state index contributed by atoms with van der Waals surface area (Å²) in [5.74, 6) is 0.578. The van der Waals surface area contributed by atoms with Crippen LogP contribution in [0.3, 0.4) is 0 Å². The van der Waals surface area contributed by atoms with Gasteiger partial charge < -0.3 is 0 Å². The highest BCUT2D eigenvalue weighted by molar-refractivity contribution is 7.88. The Morgan fingerprint density at radius 2 is 1.95 bits per heavy atom. The van der Waals surface area contributed by atoms with E-state index in [0.717, 1.165) is 24.1 Å². The van der Waals surface area contributed by atoms with Crippen LogP contribution in [0, 0.1) is 0 Å². The molecular weight excluding hydrogens is 322 g/mol. The highest BCUT2D eigenvalue weighted by Crippen LogP contribution is 2.33. The van der Waals surface area contributed by atoms with Gasteiger partial charge in [-0.15, -0.1) is 0 Å². The molecule has 2 aromatic rings. The van der Waals surface area contributed by atoms with Gasteiger partial charge in [-0.2, -0.15) is 4.31 Å². The van der Waals surface area contributed by atoms with Gasteiger partial charge in [-0.05, 0) is 43.2 Å². The molecule has 0 aliphatic carbocycles. The quantitative estimate of drug-likeness (QED) is 0.864. The predicted molar refractivity (Wildman–Crippen MR) is 86.0 cm³/mol. The van der Waals surface area contributed by atoms with Crippen LogP contribution in [-0.2, 0) is 10.0 Å². The maximum absolute atomic E-state index is 11.9. The molecule has 1 saturated heterocycles. The number of hydrogen-bond acceptors (Lipinski definition) is 4. The van der Waals surface area contributed by atoms with Crippen LogP contribution >= 0.6 is 11.6 Å². The van der Waals surface area contributed by atoms with E-state index in [-0.39, 0.29) is 6.04 Å². The molecule has 3 rings (SSSR count). The maximum atomic E-state index is 11.9. The Hall–Kier alpha value is -1.50. The van der Waals surface area contributed by atoms with Gasteiger partial charge in [0.2, 0.25) is 10.0 Å². The van der Waals surface area contributed by atoms with Crippen LogP contribution < -0.4 is 0 Å². The molecule has 22 heavy (non-hydrogen) atoms. The Kier molecular flexibility index (Phi) is 4.16. The number of sulfonamides is 1. The number of benzene rings is 1. The molecule has 1 aliphatic heterocycles. The molecule has 2 heterocycles. The third-order valence-corrected chi connectivity index (χ3v) is 5.29. The zero-order valence-electron chi connectivity index (χ0n) is 12.1. The van der Waals surface area contributed by atoms with Crippen LogP contribution in [0.2, 0.25) is 5.02 Å². The first-order chi connectivity index (χ1) is 10.4.